The maximum atomic E-state index is 11.1. The highest BCUT2D eigenvalue weighted by atomic mass is 16.5. The number of amides is 3. The zero-order valence-electron chi connectivity index (χ0n) is 9.78. The zero-order valence-corrected chi connectivity index (χ0v) is 9.78. The largest absolute Gasteiger partial charge is 0.479 e. The molecule has 0 bridgehead atoms. The van der Waals surface area contributed by atoms with Crippen LogP contribution < -0.4 is 16.0 Å². The Bertz CT molecular complexity index is 282. The lowest BCUT2D eigenvalue weighted by Gasteiger charge is -2.12. The summed E-state index contributed by atoms with van der Waals surface area (Å²) in [7, 11) is 1.25. The first-order valence-electron chi connectivity index (χ1n) is 4.99. The number of carbonyl (C=O) groups is 3. The maximum Gasteiger partial charge on any atom is 0.334 e. The Balaban J connectivity index is 3.65. The highest BCUT2D eigenvalue weighted by molar-refractivity contribution is 5.77. The third-order valence-electron chi connectivity index (χ3n) is 1.79. The van der Waals surface area contributed by atoms with Crippen LogP contribution in [0.2, 0.25) is 0 Å². The molecule has 0 rings (SSSR count). The van der Waals surface area contributed by atoms with E-state index in [1.165, 1.54) is 14.0 Å². The highest BCUT2D eigenvalue weighted by Gasteiger charge is 2.16. The topological polar surface area (TPSA) is 117 Å². The number of nitrogens with one attached hydrogen (secondary N) is 3. The number of carboxylic acids is 1. The van der Waals surface area contributed by atoms with Gasteiger partial charge in [-0.3, -0.25) is 4.79 Å². The summed E-state index contributed by atoms with van der Waals surface area (Å²) in [5.74, 6) is -1.33. The predicted molar refractivity (Wildman–Crippen MR) is 58.5 cm³/mol. The second-order valence-corrected chi connectivity index (χ2v) is 3.18. The van der Waals surface area contributed by atoms with Gasteiger partial charge in [-0.05, 0) is 0 Å². The number of carboxylic acid groups (broad SMARTS) is 1. The van der Waals surface area contributed by atoms with Crippen LogP contribution >= 0.6 is 0 Å². The van der Waals surface area contributed by atoms with E-state index >= 15 is 0 Å². The van der Waals surface area contributed by atoms with Gasteiger partial charge in [-0.15, -0.1) is 0 Å². The summed E-state index contributed by atoms with van der Waals surface area (Å²) in [6, 6.07) is -0.515. The number of methoxy groups -OCH3 is 1. The normalized spacial score (nSPS) is 11.4. The van der Waals surface area contributed by atoms with Crippen molar-refractivity contribution < 1.29 is 24.2 Å². The van der Waals surface area contributed by atoms with E-state index in [1.807, 2.05) is 0 Å². The molecule has 1 unspecified atom stereocenters. The molecule has 0 spiro atoms. The van der Waals surface area contributed by atoms with Crippen molar-refractivity contribution in [1.29, 1.82) is 0 Å². The second-order valence-electron chi connectivity index (χ2n) is 3.18. The molecule has 0 saturated carbocycles. The van der Waals surface area contributed by atoms with Crippen molar-refractivity contribution >= 4 is 17.9 Å². The molecule has 1 atom stereocenters. The first-order valence-corrected chi connectivity index (χ1v) is 4.99. The van der Waals surface area contributed by atoms with Gasteiger partial charge in [-0.2, -0.15) is 0 Å². The van der Waals surface area contributed by atoms with E-state index in [4.69, 9.17) is 5.11 Å². The molecule has 3 amide bonds. The quantitative estimate of drug-likeness (QED) is 0.409. The van der Waals surface area contributed by atoms with Gasteiger partial charge >= 0.3 is 12.0 Å². The molecule has 4 N–H and O–H groups in total. The van der Waals surface area contributed by atoms with Crippen molar-refractivity contribution in [2.24, 2.45) is 0 Å². The number of carbonyl (C=O) groups excluding carboxylic acids is 2. The minimum atomic E-state index is -1.15. The Kier molecular flexibility index (Phi) is 7.44. The Hall–Kier alpha value is -1.83. The summed E-state index contributed by atoms with van der Waals surface area (Å²) in [6.45, 7) is 1.82. The summed E-state index contributed by atoms with van der Waals surface area (Å²) >= 11 is 0. The van der Waals surface area contributed by atoms with Gasteiger partial charge in [-0.1, -0.05) is 0 Å². The lowest BCUT2D eigenvalue weighted by atomic mass is 10.3. The van der Waals surface area contributed by atoms with Crippen molar-refractivity contribution in [2.75, 3.05) is 26.7 Å². The SMILES string of the molecule is COC(CNC(=O)NCCNC(C)=O)C(=O)O. The number of hydrogen-bond donors (Lipinski definition) is 4. The molecule has 0 radical (unpaired) electrons. The van der Waals surface area contributed by atoms with E-state index in [9.17, 15) is 14.4 Å². The monoisotopic (exact) mass is 247 g/mol. The smallest absolute Gasteiger partial charge is 0.334 e. The zero-order chi connectivity index (χ0) is 13.3. The fourth-order valence-corrected chi connectivity index (χ4v) is 0.934. The van der Waals surface area contributed by atoms with Crippen LogP contribution in [-0.2, 0) is 14.3 Å². The summed E-state index contributed by atoms with van der Waals surface area (Å²) < 4.78 is 4.62. The van der Waals surface area contributed by atoms with Gasteiger partial charge in [0.1, 0.15) is 0 Å². The molecule has 0 saturated heterocycles. The molecule has 0 heterocycles. The molecular weight excluding hydrogens is 230 g/mol. The molecule has 0 aliphatic heterocycles. The lowest BCUT2D eigenvalue weighted by Crippen LogP contribution is -2.44. The fourth-order valence-electron chi connectivity index (χ4n) is 0.934. The third-order valence-corrected chi connectivity index (χ3v) is 1.79. The van der Waals surface area contributed by atoms with E-state index < -0.39 is 18.1 Å². The van der Waals surface area contributed by atoms with Crippen molar-refractivity contribution in [3.05, 3.63) is 0 Å². The van der Waals surface area contributed by atoms with Gasteiger partial charge in [0.2, 0.25) is 5.91 Å². The molecule has 0 aromatic carbocycles. The second kappa shape index (κ2) is 8.34. The van der Waals surface area contributed by atoms with Gasteiger partial charge in [0.25, 0.3) is 0 Å². The molecule has 0 fully saturated rings. The number of urea groups is 1. The summed E-state index contributed by atoms with van der Waals surface area (Å²) in [5.41, 5.74) is 0. The first-order chi connectivity index (χ1) is 7.97. The van der Waals surface area contributed by atoms with E-state index in [2.05, 4.69) is 20.7 Å². The summed E-state index contributed by atoms with van der Waals surface area (Å²) in [5, 5.41) is 15.9. The summed E-state index contributed by atoms with van der Waals surface area (Å²) in [4.78, 5) is 32.2. The van der Waals surface area contributed by atoms with E-state index in [-0.39, 0.29) is 19.0 Å². The fraction of sp³-hybridized carbons (Fsp3) is 0.667. The van der Waals surface area contributed by atoms with Crippen LogP contribution in [0.5, 0.6) is 0 Å². The number of ether oxygens (including phenoxy) is 1. The van der Waals surface area contributed by atoms with Crippen molar-refractivity contribution in [2.45, 2.75) is 13.0 Å². The van der Waals surface area contributed by atoms with Gasteiger partial charge in [0.15, 0.2) is 6.10 Å². The van der Waals surface area contributed by atoms with Crippen LogP contribution in [-0.4, -0.2) is 55.9 Å². The Morgan fingerprint density at radius 1 is 1.18 bits per heavy atom. The van der Waals surface area contributed by atoms with Crippen LogP contribution in [0.4, 0.5) is 4.79 Å². The van der Waals surface area contributed by atoms with Crippen LogP contribution in [0.25, 0.3) is 0 Å². The van der Waals surface area contributed by atoms with Gasteiger partial charge in [-0.25, -0.2) is 9.59 Å². The van der Waals surface area contributed by atoms with Crippen LogP contribution in [0.3, 0.4) is 0 Å². The first kappa shape index (κ1) is 15.2. The molecule has 8 nitrogen and oxygen atoms in total. The molecule has 0 aliphatic carbocycles. The standard InChI is InChI=1S/C9H17N3O5/c1-6(13)10-3-4-11-9(16)12-5-7(17-2)8(14)15/h7H,3-5H2,1-2H3,(H,10,13)(H,14,15)(H2,11,12,16). The van der Waals surface area contributed by atoms with Crippen LogP contribution in [0, 0.1) is 0 Å². The van der Waals surface area contributed by atoms with Crippen LogP contribution in [0.1, 0.15) is 6.92 Å². The average molecular weight is 247 g/mol. The van der Waals surface area contributed by atoms with Crippen molar-refractivity contribution in [3.63, 3.8) is 0 Å². The number of aliphatic carboxylic acids is 1. The van der Waals surface area contributed by atoms with Crippen molar-refractivity contribution in [1.82, 2.24) is 16.0 Å². The lowest BCUT2D eigenvalue weighted by molar-refractivity contribution is -0.148. The van der Waals surface area contributed by atoms with Gasteiger partial charge in [0.05, 0.1) is 6.54 Å². The molecule has 0 aromatic heterocycles. The molecule has 0 aromatic rings. The van der Waals surface area contributed by atoms with Gasteiger partial charge < -0.3 is 25.8 Å². The number of hydrogen-bond acceptors (Lipinski definition) is 4. The molecule has 0 aliphatic rings. The molecule has 17 heavy (non-hydrogen) atoms. The maximum absolute atomic E-state index is 11.1. The Morgan fingerprint density at radius 2 is 1.76 bits per heavy atom. The molecular formula is C9H17N3O5. The predicted octanol–water partition coefficient (Wildman–Crippen LogP) is -1.48. The minimum Gasteiger partial charge on any atom is -0.479 e. The summed E-state index contributed by atoms with van der Waals surface area (Å²) in [6.07, 6.45) is -1.07. The van der Waals surface area contributed by atoms with E-state index in [0.717, 1.165) is 0 Å². The van der Waals surface area contributed by atoms with E-state index in [0.29, 0.717) is 6.54 Å². The van der Waals surface area contributed by atoms with E-state index in [1.54, 1.807) is 0 Å². The molecule has 8 heteroatoms. The Labute approximate surface area is 98.7 Å². The van der Waals surface area contributed by atoms with Crippen LogP contribution in [0.15, 0.2) is 0 Å². The number of rotatable bonds is 7. The average Bonchev–Trinajstić information content (AvgIpc) is 2.24. The van der Waals surface area contributed by atoms with Gasteiger partial charge in [0, 0.05) is 27.1 Å². The third kappa shape index (κ3) is 8.03. The highest BCUT2D eigenvalue weighted by Crippen LogP contribution is 1.87. The Morgan fingerprint density at radius 3 is 2.24 bits per heavy atom. The minimum absolute atomic E-state index is 0.127. The van der Waals surface area contributed by atoms with Crippen molar-refractivity contribution in [3.8, 4) is 0 Å². The molecule has 98 valence electrons.